The van der Waals surface area contributed by atoms with Crippen LogP contribution >= 0.6 is 0 Å². The van der Waals surface area contributed by atoms with Gasteiger partial charge in [-0.2, -0.15) is 0 Å². The van der Waals surface area contributed by atoms with Crippen LogP contribution in [0.2, 0.25) is 0 Å². The first-order valence-corrected chi connectivity index (χ1v) is 7.43. The molecular weight excluding hydrogens is 240 g/mol. The van der Waals surface area contributed by atoms with Gasteiger partial charge in [0.25, 0.3) is 0 Å². The maximum absolute atomic E-state index is 12.1. The van der Waals surface area contributed by atoms with Crippen molar-refractivity contribution in [2.45, 2.75) is 72.1 Å². The van der Waals surface area contributed by atoms with Crippen molar-refractivity contribution < 1.29 is 9.53 Å². The lowest BCUT2D eigenvalue weighted by atomic mass is 10.2. The minimum atomic E-state index is -0.432. The molecule has 0 aliphatic heterocycles. The van der Waals surface area contributed by atoms with Crippen LogP contribution in [0.25, 0.3) is 0 Å². The Morgan fingerprint density at radius 3 is 2.32 bits per heavy atom. The molecule has 1 saturated carbocycles. The monoisotopic (exact) mass is 270 g/mol. The van der Waals surface area contributed by atoms with Crippen molar-refractivity contribution in [2.75, 3.05) is 13.1 Å². The van der Waals surface area contributed by atoms with Crippen molar-refractivity contribution >= 4 is 6.09 Å². The molecule has 4 nitrogen and oxygen atoms in total. The van der Waals surface area contributed by atoms with Gasteiger partial charge in [0.1, 0.15) is 5.60 Å². The van der Waals surface area contributed by atoms with Gasteiger partial charge in [-0.15, -0.1) is 0 Å². The number of nitrogens with one attached hydrogen (secondary N) is 1. The quantitative estimate of drug-likeness (QED) is 0.806. The summed E-state index contributed by atoms with van der Waals surface area (Å²) < 4.78 is 5.44. The van der Waals surface area contributed by atoms with E-state index in [-0.39, 0.29) is 12.1 Å². The topological polar surface area (TPSA) is 41.6 Å². The van der Waals surface area contributed by atoms with E-state index in [0.717, 1.165) is 12.5 Å². The zero-order valence-corrected chi connectivity index (χ0v) is 13.3. The molecular formula is C15H30N2O2. The summed E-state index contributed by atoms with van der Waals surface area (Å²) in [5.41, 5.74) is -0.432. The molecule has 1 unspecified atom stereocenters. The SMILES string of the molecule is CC(NCCN(C(=O)OC(C)(C)C)C(C)C)C1CC1. The van der Waals surface area contributed by atoms with E-state index >= 15 is 0 Å². The Kier molecular flexibility index (Phi) is 5.65. The Bertz CT molecular complexity index is 293. The Labute approximate surface area is 117 Å². The van der Waals surface area contributed by atoms with Gasteiger partial charge in [-0.25, -0.2) is 4.79 Å². The predicted octanol–water partition coefficient (Wildman–Crippen LogP) is 3.02. The van der Waals surface area contributed by atoms with Gasteiger partial charge in [0.15, 0.2) is 0 Å². The van der Waals surface area contributed by atoms with Crippen LogP contribution in [-0.2, 0) is 4.74 Å². The van der Waals surface area contributed by atoms with Gasteiger partial charge in [0, 0.05) is 25.2 Å². The van der Waals surface area contributed by atoms with Crippen LogP contribution in [0.15, 0.2) is 0 Å². The molecule has 19 heavy (non-hydrogen) atoms. The average molecular weight is 270 g/mol. The minimum absolute atomic E-state index is 0.160. The number of carbonyl (C=O) groups excluding carboxylic acids is 1. The molecule has 0 aromatic carbocycles. The molecule has 1 fully saturated rings. The number of rotatable bonds is 6. The molecule has 0 aromatic heterocycles. The second kappa shape index (κ2) is 6.60. The van der Waals surface area contributed by atoms with Crippen LogP contribution in [0.4, 0.5) is 4.79 Å². The second-order valence-electron chi connectivity index (χ2n) is 6.85. The highest BCUT2D eigenvalue weighted by molar-refractivity contribution is 5.68. The summed E-state index contributed by atoms with van der Waals surface area (Å²) in [5, 5.41) is 3.50. The van der Waals surface area contributed by atoms with Crippen LogP contribution in [-0.4, -0.2) is 41.8 Å². The summed E-state index contributed by atoms with van der Waals surface area (Å²) in [4.78, 5) is 13.9. The molecule has 0 bridgehead atoms. The van der Waals surface area contributed by atoms with E-state index in [4.69, 9.17) is 4.74 Å². The predicted molar refractivity (Wildman–Crippen MR) is 78.3 cm³/mol. The summed E-state index contributed by atoms with van der Waals surface area (Å²) in [6, 6.07) is 0.723. The van der Waals surface area contributed by atoms with Crippen LogP contribution < -0.4 is 5.32 Å². The van der Waals surface area contributed by atoms with Crippen molar-refractivity contribution in [1.29, 1.82) is 0 Å². The molecule has 4 heteroatoms. The number of hydrogen-bond donors (Lipinski definition) is 1. The summed E-state index contributed by atoms with van der Waals surface area (Å²) in [6.07, 6.45) is 2.46. The number of ether oxygens (including phenoxy) is 1. The molecule has 0 heterocycles. The van der Waals surface area contributed by atoms with E-state index in [1.165, 1.54) is 12.8 Å². The van der Waals surface area contributed by atoms with E-state index in [9.17, 15) is 4.79 Å². The first-order chi connectivity index (χ1) is 8.70. The first kappa shape index (κ1) is 16.3. The maximum atomic E-state index is 12.1. The van der Waals surface area contributed by atoms with Crippen molar-refractivity contribution in [3.8, 4) is 0 Å². The fourth-order valence-corrected chi connectivity index (χ4v) is 2.06. The zero-order valence-electron chi connectivity index (χ0n) is 13.3. The van der Waals surface area contributed by atoms with Gasteiger partial charge in [0.2, 0.25) is 0 Å². The number of hydrogen-bond acceptors (Lipinski definition) is 3. The van der Waals surface area contributed by atoms with Crippen molar-refractivity contribution in [3.63, 3.8) is 0 Å². The molecule has 1 N–H and O–H groups in total. The maximum Gasteiger partial charge on any atom is 0.410 e. The van der Waals surface area contributed by atoms with E-state index in [0.29, 0.717) is 12.6 Å². The van der Waals surface area contributed by atoms with E-state index in [1.54, 1.807) is 4.90 Å². The van der Waals surface area contributed by atoms with Crippen molar-refractivity contribution in [1.82, 2.24) is 10.2 Å². The third kappa shape index (κ3) is 6.28. The summed E-state index contributed by atoms with van der Waals surface area (Å²) >= 11 is 0. The first-order valence-electron chi connectivity index (χ1n) is 7.43. The average Bonchev–Trinajstić information content (AvgIpc) is 3.03. The second-order valence-corrected chi connectivity index (χ2v) is 6.85. The molecule has 1 atom stereocenters. The molecule has 0 radical (unpaired) electrons. The molecule has 0 spiro atoms. The number of carbonyl (C=O) groups is 1. The molecule has 0 aromatic rings. The highest BCUT2D eigenvalue weighted by Gasteiger charge is 2.28. The van der Waals surface area contributed by atoms with Crippen molar-refractivity contribution in [2.24, 2.45) is 5.92 Å². The van der Waals surface area contributed by atoms with Gasteiger partial charge in [-0.1, -0.05) is 0 Å². The van der Waals surface area contributed by atoms with Gasteiger partial charge >= 0.3 is 6.09 Å². The summed E-state index contributed by atoms with van der Waals surface area (Å²) in [7, 11) is 0. The summed E-state index contributed by atoms with van der Waals surface area (Å²) in [6.45, 7) is 13.5. The number of amides is 1. The Morgan fingerprint density at radius 2 is 1.89 bits per heavy atom. The Hall–Kier alpha value is -0.770. The molecule has 112 valence electrons. The summed E-state index contributed by atoms with van der Waals surface area (Å²) in [5.74, 6) is 0.842. The number of nitrogens with zero attached hydrogens (tertiary/aromatic N) is 1. The third-order valence-electron chi connectivity index (χ3n) is 3.40. The highest BCUT2D eigenvalue weighted by atomic mass is 16.6. The van der Waals surface area contributed by atoms with Gasteiger partial charge in [-0.3, -0.25) is 0 Å². The normalized spacial score (nSPS) is 17.4. The van der Waals surface area contributed by atoms with Crippen LogP contribution in [0.3, 0.4) is 0 Å². The molecule has 0 saturated heterocycles. The lowest BCUT2D eigenvalue weighted by molar-refractivity contribution is 0.0192. The lowest BCUT2D eigenvalue weighted by Gasteiger charge is -2.30. The molecule has 1 aliphatic carbocycles. The largest absolute Gasteiger partial charge is 0.444 e. The van der Waals surface area contributed by atoms with Crippen LogP contribution in [0, 0.1) is 5.92 Å². The van der Waals surface area contributed by atoms with Crippen LogP contribution in [0.1, 0.15) is 54.4 Å². The van der Waals surface area contributed by atoms with Crippen LogP contribution in [0.5, 0.6) is 0 Å². The van der Waals surface area contributed by atoms with E-state index in [2.05, 4.69) is 12.2 Å². The fraction of sp³-hybridized carbons (Fsp3) is 0.933. The Morgan fingerprint density at radius 1 is 1.32 bits per heavy atom. The smallest absolute Gasteiger partial charge is 0.410 e. The highest BCUT2D eigenvalue weighted by Crippen LogP contribution is 2.32. The molecule has 1 aliphatic rings. The lowest BCUT2D eigenvalue weighted by Crippen LogP contribution is -2.45. The standard InChI is InChI=1S/C15H30N2O2/c1-11(2)17(14(18)19-15(4,5)6)10-9-16-12(3)13-7-8-13/h11-13,16H,7-10H2,1-6H3. The third-order valence-corrected chi connectivity index (χ3v) is 3.40. The van der Waals surface area contributed by atoms with Gasteiger partial charge in [0.05, 0.1) is 0 Å². The minimum Gasteiger partial charge on any atom is -0.444 e. The van der Waals surface area contributed by atoms with E-state index < -0.39 is 5.60 Å². The molecule has 1 rings (SSSR count). The zero-order chi connectivity index (χ0) is 14.6. The molecule has 1 amide bonds. The van der Waals surface area contributed by atoms with Crippen molar-refractivity contribution in [3.05, 3.63) is 0 Å². The van der Waals surface area contributed by atoms with Gasteiger partial charge < -0.3 is 15.0 Å². The Balaban J connectivity index is 2.36. The fourth-order valence-electron chi connectivity index (χ4n) is 2.06. The van der Waals surface area contributed by atoms with Gasteiger partial charge in [-0.05, 0) is 60.3 Å². The van der Waals surface area contributed by atoms with E-state index in [1.807, 2.05) is 34.6 Å².